The molecule has 1 saturated heterocycles. The Morgan fingerprint density at radius 1 is 1.42 bits per heavy atom. The number of ether oxygens (including phenoxy) is 1. The molecule has 0 saturated carbocycles. The van der Waals surface area contributed by atoms with Gasteiger partial charge in [-0.2, -0.15) is 4.98 Å². The number of piperidine rings is 1. The molecular formula is C13H23N3O3. The Kier molecular flexibility index (Phi) is 4.54. The van der Waals surface area contributed by atoms with Crippen molar-refractivity contribution in [2.75, 3.05) is 19.7 Å². The minimum Gasteiger partial charge on any atom is -0.380 e. The first-order chi connectivity index (χ1) is 9.07. The summed E-state index contributed by atoms with van der Waals surface area (Å²) in [5.41, 5.74) is -0.996. The zero-order valence-electron chi connectivity index (χ0n) is 11.8. The van der Waals surface area contributed by atoms with Crippen molar-refractivity contribution in [2.24, 2.45) is 5.92 Å². The normalized spacial score (nSPS) is 20.7. The van der Waals surface area contributed by atoms with Gasteiger partial charge >= 0.3 is 0 Å². The Hall–Kier alpha value is -0.980. The molecule has 108 valence electrons. The van der Waals surface area contributed by atoms with E-state index in [2.05, 4.69) is 29.3 Å². The molecule has 2 heterocycles. The summed E-state index contributed by atoms with van der Waals surface area (Å²) >= 11 is 0. The van der Waals surface area contributed by atoms with Crippen LogP contribution in [0.3, 0.4) is 0 Å². The topological polar surface area (TPSA) is 80.4 Å². The van der Waals surface area contributed by atoms with Gasteiger partial charge in [-0.1, -0.05) is 19.0 Å². The molecule has 0 amide bonds. The predicted molar refractivity (Wildman–Crippen MR) is 69.5 cm³/mol. The highest BCUT2D eigenvalue weighted by Gasteiger charge is 2.38. The van der Waals surface area contributed by atoms with Gasteiger partial charge in [0.25, 0.3) is 5.89 Å². The van der Waals surface area contributed by atoms with Crippen LogP contribution >= 0.6 is 0 Å². The minimum atomic E-state index is -0.996. The highest BCUT2D eigenvalue weighted by molar-refractivity contribution is 5.03. The first-order valence-electron chi connectivity index (χ1n) is 6.95. The quantitative estimate of drug-likeness (QED) is 0.840. The molecule has 1 aromatic rings. The molecule has 1 atom stereocenters. The van der Waals surface area contributed by atoms with Gasteiger partial charge in [0, 0.05) is 6.61 Å². The van der Waals surface area contributed by atoms with Crippen molar-refractivity contribution in [3.05, 3.63) is 11.7 Å². The second kappa shape index (κ2) is 5.98. The van der Waals surface area contributed by atoms with Crippen molar-refractivity contribution in [1.82, 2.24) is 15.5 Å². The first-order valence-corrected chi connectivity index (χ1v) is 6.95. The van der Waals surface area contributed by atoms with Crippen LogP contribution < -0.4 is 5.32 Å². The number of nitrogens with one attached hydrogen (secondary N) is 1. The van der Waals surface area contributed by atoms with Gasteiger partial charge in [0.05, 0.1) is 0 Å². The molecule has 0 bridgehead atoms. The zero-order chi connectivity index (χ0) is 13.9. The van der Waals surface area contributed by atoms with E-state index in [9.17, 15) is 5.11 Å². The van der Waals surface area contributed by atoms with Gasteiger partial charge in [-0.3, -0.25) is 0 Å². The molecule has 19 heavy (non-hydrogen) atoms. The van der Waals surface area contributed by atoms with Gasteiger partial charge in [-0.05, 0) is 38.8 Å². The molecule has 2 N–H and O–H groups in total. The average Bonchev–Trinajstić information content (AvgIpc) is 2.86. The fourth-order valence-corrected chi connectivity index (χ4v) is 2.34. The first kappa shape index (κ1) is 14.4. The van der Waals surface area contributed by atoms with Crippen molar-refractivity contribution in [3.8, 4) is 0 Å². The molecule has 0 aliphatic carbocycles. The largest absolute Gasteiger partial charge is 0.380 e. The van der Waals surface area contributed by atoms with Crippen LogP contribution in [-0.4, -0.2) is 34.9 Å². The Balaban J connectivity index is 2.17. The molecule has 1 aliphatic rings. The summed E-state index contributed by atoms with van der Waals surface area (Å²) < 4.78 is 10.9. The lowest BCUT2D eigenvalue weighted by atomic mass is 9.92. The lowest BCUT2D eigenvalue weighted by molar-refractivity contribution is -0.0228. The Morgan fingerprint density at radius 3 is 2.68 bits per heavy atom. The second-order valence-electron chi connectivity index (χ2n) is 5.36. The van der Waals surface area contributed by atoms with Crippen LogP contribution in [0.4, 0.5) is 0 Å². The highest BCUT2D eigenvalue weighted by atomic mass is 16.5. The van der Waals surface area contributed by atoms with Crippen LogP contribution in [-0.2, 0) is 10.3 Å². The van der Waals surface area contributed by atoms with E-state index in [0.29, 0.717) is 31.2 Å². The third kappa shape index (κ3) is 3.13. The third-order valence-electron chi connectivity index (χ3n) is 3.48. The Bertz CT molecular complexity index is 400. The number of rotatable bonds is 5. The number of aromatic nitrogens is 2. The van der Waals surface area contributed by atoms with Gasteiger partial charge in [-0.15, -0.1) is 0 Å². The van der Waals surface area contributed by atoms with Crippen molar-refractivity contribution in [2.45, 2.75) is 45.3 Å². The van der Waals surface area contributed by atoms with Crippen LogP contribution in [0.25, 0.3) is 0 Å². The van der Waals surface area contributed by atoms with Crippen LogP contribution in [0, 0.1) is 5.92 Å². The number of nitrogens with zero attached hydrogens (tertiary/aromatic N) is 2. The van der Waals surface area contributed by atoms with Gasteiger partial charge in [0.2, 0.25) is 5.82 Å². The average molecular weight is 269 g/mol. The van der Waals surface area contributed by atoms with Crippen LogP contribution in [0.15, 0.2) is 4.52 Å². The maximum atomic E-state index is 10.5. The summed E-state index contributed by atoms with van der Waals surface area (Å²) in [5.74, 6) is 1.10. The molecule has 1 aliphatic heterocycles. The van der Waals surface area contributed by atoms with Gasteiger partial charge in [0.1, 0.15) is 11.7 Å². The standard InChI is InChI=1S/C13H23N3O3/c1-4-18-10(9(2)3)11-15-12(19-16-11)13(17)5-7-14-8-6-13/h9-10,14,17H,4-8H2,1-3H3. The fraction of sp³-hybridized carbons (Fsp3) is 0.846. The van der Waals surface area contributed by atoms with E-state index in [-0.39, 0.29) is 12.0 Å². The van der Waals surface area contributed by atoms with Gasteiger partial charge in [-0.25, -0.2) is 0 Å². The van der Waals surface area contributed by atoms with E-state index >= 15 is 0 Å². The molecule has 2 rings (SSSR count). The van der Waals surface area contributed by atoms with Crippen LogP contribution in [0.5, 0.6) is 0 Å². The maximum Gasteiger partial charge on any atom is 0.258 e. The number of aliphatic hydroxyl groups is 1. The molecule has 6 heteroatoms. The van der Waals surface area contributed by atoms with Gasteiger partial charge in [0.15, 0.2) is 0 Å². The van der Waals surface area contributed by atoms with E-state index in [4.69, 9.17) is 9.26 Å². The van der Waals surface area contributed by atoms with E-state index in [1.54, 1.807) is 0 Å². The van der Waals surface area contributed by atoms with Crippen molar-refractivity contribution in [1.29, 1.82) is 0 Å². The Morgan fingerprint density at radius 2 is 2.11 bits per heavy atom. The predicted octanol–water partition coefficient (Wildman–Crippen LogP) is 1.37. The molecule has 1 unspecified atom stereocenters. The highest BCUT2D eigenvalue weighted by Crippen LogP contribution is 2.31. The van der Waals surface area contributed by atoms with Crippen molar-refractivity contribution >= 4 is 0 Å². The van der Waals surface area contributed by atoms with Crippen LogP contribution in [0.2, 0.25) is 0 Å². The number of hydrogen-bond acceptors (Lipinski definition) is 6. The molecule has 1 fully saturated rings. The van der Waals surface area contributed by atoms with Crippen molar-refractivity contribution < 1.29 is 14.4 Å². The maximum absolute atomic E-state index is 10.5. The fourth-order valence-electron chi connectivity index (χ4n) is 2.34. The minimum absolute atomic E-state index is 0.187. The van der Waals surface area contributed by atoms with Gasteiger partial charge < -0.3 is 19.7 Å². The summed E-state index contributed by atoms with van der Waals surface area (Å²) in [6, 6.07) is 0. The Labute approximate surface area is 113 Å². The summed E-state index contributed by atoms with van der Waals surface area (Å²) in [4.78, 5) is 4.37. The molecule has 0 aromatic carbocycles. The van der Waals surface area contributed by atoms with E-state index in [1.165, 1.54) is 0 Å². The molecule has 1 aromatic heterocycles. The van der Waals surface area contributed by atoms with E-state index in [1.807, 2.05) is 6.92 Å². The summed E-state index contributed by atoms with van der Waals surface area (Å²) in [6.07, 6.45) is 0.999. The monoisotopic (exact) mass is 269 g/mol. The molecule has 0 radical (unpaired) electrons. The summed E-state index contributed by atoms with van der Waals surface area (Å²) in [5, 5.41) is 17.7. The lowest BCUT2D eigenvalue weighted by Gasteiger charge is -2.28. The SMILES string of the molecule is CCOC(c1noc(C2(O)CCNCC2)n1)C(C)C. The zero-order valence-corrected chi connectivity index (χ0v) is 11.8. The number of hydrogen-bond donors (Lipinski definition) is 2. The summed E-state index contributed by atoms with van der Waals surface area (Å²) in [6.45, 7) is 8.16. The molecule has 6 nitrogen and oxygen atoms in total. The summed E-state index contributed by atoms with van der Waals surface area (Å²) in [7, 11) is 0. The van der Waals surface area contributed by atoms with E-state index in [0.717, 1.165) is 13.1 Å². The van der Waals surface area contributed by atoms with E-state index < -0.39 is 5.60 Å². The smallest absolute Gasteiger partial charge is 0.258 e. The van der Waals surface area contributed by atoms with Crippen LogP contribution in [0.1, 0.15) is 51.4 Å². The van der Waals surface area contributed by atoms with Crippen molar-refractivity contribution in [3.63, 3.8) is 0 Å². The lowest BCUT2D eigenvalue weighted by Crippen LogP contribution is -2.40. The molecule has 0 spiro atoms. The third-order valence-corrected chi connectivity index (χ3v) is 3.48. The second-order valence-corrected chi connectivity index (χ2v) is 5.36. The molecular weight excluding hydrogens is 246 g/mol.